The molecular formula is C13H16N2O4. The number of anilines is 1. The molecule has 1 aromatic carbocycles. The number of hydrogen-bond donors (Lipinski definition) is 3. The quantitative estimate of drug-likeness (QED) is 0.728. The van der Waals surface area contributed by atoms with E-state index in [-0.39, 0.29) is 23.7 Å². The highest BCUT2D eigenvalue weighted by molar-refractivity contribution is 5.93. The van der Waals surface area contributed by atoms with E-state index in [4.69, 9.17) is 9.84 Å². The minimum Gasteiger partial charge on any atom is -0.478 e. The van der Waals surface area contributed by atoms with Crippen molar-refractivity contribution in [3.63, 3.8) is 0 Å². The van der Waals surface area contributed by atoms with Gasteiger partial charge in [-0.3, -0.25) is 4.79 Å². The molecule has 6 heteroatoms. The van der Waals surface area contributed by atoms with Gasteiger partial charge in [-0.15, -0.1) is 0 Å². The zero-order valence-electron chi connectivity index (χ0n) is 10.6. The molecule has 0 aromatic heterocycles. The molecule has 19 heavy (non-hydrogen) atoms. The maximum absolute atomic E-state index is 11.6. The van der Waals surface area contributed by atoms with E-state index in [2.05, 4.69) is 10.6 Å². The van der Waals surface area contributed by atoms with E-state index in [1.54, 1.807) is 12.1 Å². The van der Waals surface area contributed by atoms with Gasteiger partial charge in [0, 0.05) is 18.8 Å². The molecule has 102 valence electrons. The number of amides is 1. The Kier molecular flexibility index (Phi) is 3.82. The molecule has 1 heterocycles. The molecule has 1 saturated heterocycles. The first-order valence-corrected chi connectivity index (χ1v) is 5.96. The first-order chi connectivity index (χ1) is 8.98. The van der Waals surface area contributed by atoms with Gasteiger partial charge in [0.2, 0.25) is 5.91 Å². The Morgan fingerprint density at radius 2 is 2.00 bits per heavy atom. The summed E-state index contributed by atoms with van der Waals surface area (Å²) in [6, 6.07) is 5.98. The van der Waals surface area contributed by atoms with Crippen molar-refractivity contribution in [3.05, 3.63) is 29.8 Å². The second-order valence-electron chi connectivity index (χ2n) is 4.77. The molecule has 1 aliphatic rings. The van der Waals surface area contributed by atoms with Crippen LogP contribution in [0.15, 0.2) is 24.3 Å². The van der Waals surface area contributed by atoms with Gasteiger partial charge >= 0.3 is 5.97 Å². The fourth-order valence-electron chi connectivity index (χ4n) is 1.71. The molecule has 6 nitrogen and oxygen atoms in total. The molecule has 0 saturated carbocycles. The zero-order chi connectivity index (χ0) is 13.9. The van der Waals surface area contributed by atoms with Crippen molar-refractivity contribution in [1.29, 1.82) is 0 Å². The van der Waals surface area contributed by atoms with Crippen molar-refractivity contribution < 1.29 is 19.4 Å². The first-order valence-electron chi connectivity index (χ1n) is 5.96. The van der Waals surface area contributed by atoms with Crippen LogP contribution >= 0.6 is 0 Å². The molecule has 0 aliphatic carbocycles. The monoisotopic (exact) mass is 264 g/mol. The SMILES string of the molecule is CC1(OCC(=O)Nc2ccc(C(=O)O)cc2)CNC1. The van der Waals surface area contributed by atoms with Crippen LogP contribution in [-0.4, -0.2) is 42.3 Å². The summed E-state index contributed by atoms with van der Waals surface area (Å²) < 4.78 is 5.49. The highest BCUT2D eigenvalue weighted by Gasteiger charge is 2.32. The zero-order valence-corrected chi connectivity index (χ0v) is 10.6. The van der Waals surface area contributed by atoms with Crippen LogP contribution in [0.1, 0.15) is 17.3 Å². The van der Waals surface area contributed by atoms with Gasteiger partial charge in [-0.2, -0.15) is 0 Å². The summed E-state index contributed by atoms with van der Waals surface area (Å²) in [6.07, 6.45) is 0. The standard InChI is InChI=1S/C13H16N2O4/c1-13(7-14-8-13)19-6-11(16)15-10-4-2-9(3-5-10)12(17)18/h2-5,14H,6-8H2,1H3,(H,15,16)(H,17,18). The van der Waals surface area contributed by atoms with Crippen LogP contribution in [0.2, 0.25) is 0 Å². The van der Waals surface area contributed by atoms with Gasteiger partial charge in [0.15, 0.2) is 0 Å². The Bertz CT molecular complexity index is 480. The highest BCUT2D eigenvalue weighted by atomic mass is 16.5. The van der Waals surface area contributed by atoms with Crippen molar-refractivity contribution >= 4 is 17.6 Å². The molecule has 1 amide bonds. The van der Waals surface area contributed by atoms with E-state index in [0.717, 1.165) is 13.1 Å². The maximum atomic E-state index is 11.6. The Morgan fingerprint density at radius 1 is 1.37 bits per heavy atom. The lowest BCUT2D eigenvalue weighted by atomic mass is 10.0. The summed E-state index contributed by atoms with van der Waals surface area (Å²) in [7, 11) is 0. The third-order valence-corrected chi connectivity index (χ3v) is 2.97. The van der Waals surface area contributed by atoms with Gasteiger partial charge in [0.1, 0.15) is 6.61 Å². The predicted octanol–water partition coefficient (Wildman–Crippen LogP) is 0.702. The number of carbonyl (C=O) groups is 2. The van der Waals surface area contributed by atoms with Gasteiger partial charge in [-0.1, -0.05) is 0 Å². The summed E-state index contributed by atoms with van der Waals surface area (Å²) in [5.41, 5.74) is 0.475. The molecule has 0 radical (unpaired) electrons. The third-order valence-electron chi connectivity index (χ3n) is 2.97. The third kappa shape index (κ3) is 3.52. The predicted molar refractivity (Wildman–Crippen MR) is 69.3 cm³/mol. The Morgan fingerprint density at radius 3 is 2.47 bits per heavy atom. The number of ether oxygens (including phenoxy) is 1. The number of carboxylic acid groups (broad SMARTS) is 1. The smallest absolute Gasteiger partial charge is 0.335 e. The topological polar surface area (TPSA) is 87.7 Å². The number of hydrogen-bond acceptors (Lipinski definition) is 4. The maximum Gasteiger partial charge on any atom is 0.335 e. The van der Waals surface area contributed by atoms with E-state index >= 15 is 0 Å². The molecule has 0 bridgehead atoms. The van der Waals surface area contributed by atoms with Gasteiger partial charge in [0.05, 0.1) is 11.2 Å². The van der Waals surface area contributed by atoms with Gasteiger partial charge in [-0.05, 0) is 31.2 Å². The van der Waals surface area contributed by atoms with Crippen molar-refractivity contribution in [3.8, 4) is 0 Å². The lowest BCUT2D eigenvalue weighted by Gasteiger charge is -2.38. The number of aromatic carboxylic acids is 1. The normalized spacial score (nSPS) is 16.5. The van der Waals surface area contributed by atoms with Gasteiger partial charge in [0.25, 0.3) is 0 Å². The summed E-state index contributed by atoms with van der Waals surface area (Å²) in [5.74, 6) is -1.25. The van der Waals surface area contributed by atoms with Crippen molar-refractivity contribution in [2.45, 2.75) is 12.5 Å². The number of carbonyl (C=O) groups excluding carboxylic acids is 1. The molecular weight excluding hydrogens is 248 g/mol. The van der Waals surface area contributed by atoms with E-state index in [1.165, 1.54) is 12.1 Å². The fourth-order valence-corrected chi connectivity index (χ4v) is 1.71. The second kappa shape index (κ2) is 5.38. The second-order valence-corrected chi connectivity index (χ2v) is 4.77. The van der Waals surface area contributed by atoms with Crippen LogP contribution in [-0.2, 0) is 9.53 Å². The molecule has 1 aromatic rings. The first kappa shape index (κ1) is 13.5. The van der Waals surface area contributed by atoms with Crippen LogP contribution in [0, 0.1) is 0 Å². The molecule has 0 spiro atoms. The number of rotatable bonds is 5. The molecule has 0 atom stereocenters. The van der Waals surface area contributed by atoms with E-state index in [9.17, 15) is 9.59 Å². The number of benzene rings is 1. The molecule has 1 aliphatic heterocycles. The largest absolute Gasteiger partial charge is 0.478 e. The minimum absolute atomic E-state index is 0.0150. The van der Waals surface area contributed by atoms with E-state index in [1.807, 2.05) is 6.92 Å². The summed E-state index contributed by atoms with van der Waals surface area (Å²) in [4.78, 5) is 22.3. The Hall–Kier alpha value is -1.92. The van der Waals surface area contributed by atoms with Crippen LogP contribution < -0.4 is 10.6 Å². The van der Waals surface area contributed by atoms with Crippen LogP contribution in [0.4, 0.5) is 5.69 Å². The van der Waals surface area contributed by atoms with Crippen LogP contribution in [0.3, 0.4) is 0 Å². The van der Waals surface area contributed by atoms with Crippen LogP contribution in [0.5, 0.6) is 0 Å². The Balaban J connectivity index is 1.83. The summed E-state index contributed by atoms with van der Waals surface area (Å²) in [6.45, 7) is 3.42. The molecule has 2 rings (SSSR count). The highest BCUT2D eigenvalue weighted by Crippen LogP contribution is 2.15. The van der Waals surface area contributed by atoms with Gasteiger partial charge in [-0.25, -0.2) is 4.79 Å². The fraction of sp³-hybridized carbons (Fsp3) is 0.385. The number of carboxylic acids is 1. The average molecular weight is 264 g/mol. The summed E-state index contributed by atoms with van der Waals surface area (Å²) >= 11 is 0. The molecule has 3 N–H and O–H groups in total. The van der Waals surface area contributed by atoms with Crippen LogP contribution in [0.25, 0.3) is 0 Å². The average Bonchev–Trinajstić information content (AvgIpc) is 2.35. The van der Waals surface area contributed by atoms with E-state index < -0.39 is 5.97 Å². The number of nitrogens with one attached hydrogen (secondary N) is 2. The van der Waals surface area contributed by atoms with Crippen molar-refractivity contribution in [1.82, 2.24) is 5.32 Å². The lowest BCUT2D eigenvalue weighted by molar-refractivity contribution is -0.130. The van der Waals surface area contributed by atoms with E-state index in [0.29, 0.717) is 5.69 Å². The molecule has 1 fully saturated rings. The van der Waals surface area contributed by atoms with Crippen molar-refractivity contribution in [2.24, 2.45) is 0 Å². The Labute approximate surface area is 110 Å². The molecule has 0 unspecified atom stereocenters. The lowest BCUT2D eigenvalue weighted by Crippen LogP contribution is -2.59. The summed E-state index contributed by atoms with van der Waals surface area (Å²) in [5, 5.41) is 14.5. The van der Waals surface area contributed by atoms with Crippen molar-refractivity contribution in [2.75, 3.05) is 25.0 Å². The minimum atomic E-state index is -0.994. The van der Waals surface area contributed by atoms with Gasteiger partial charge < -0.3 is 20.5 Å².